The maximum atomic E-state index is 12.7. The predicted molar refractivity (Wildman–Crippen MR) is 110 cm³/mol. The molecule has 0 saturated carbocycles. The van der Waals surface area contributed by atoms with E-state index in [0.717, 1.165) is 27.7 Å². The zero-order chi connectivity index (χ0) is 19.8. The van der Waals surface area contributed by atoms with Crippen LogP contribution in [0, 0.1) is 13.8 Å². The molecule has 0 fully saturated rings. The molecule has 1 heterocycles. The van der Waals surface area contributed by atoms with Gasteiger partial charge in [-0.1, -0.05) is 34.8 Å². The third-order valence-electron chi connectivity index (χ3n) is 4.45. The molecule has 0 unspecified atom stereocenters. The van der Waals surface area contributed by atoms with E-state index in [2.05, 4.69) is 15.8 Å². The summed E-state index contributed by atoms with van der Waals surface area (Å²) in [5.41, 5.74) is 4.32. The van der Waals surface area contributed by atoms with Crippen LogP contribution in [0.3, 0.4) is 0 Å². The summed E-state index contributed by atoms with van der Waals surface area (Å²) in [6, 6.07) is 9.00. The predicted octanol–water partition coefficient (Wildman–Crippen LogP) is 4.62. The van der Waals surface area contributed by atoms with Crippen LogP contribution in [-0.2, 0) is 16.4 Å². The molecule has 0 aliphatic heterocycles. The second-order valence-electron chi connectivity index (χ2n) is 6.32. The Labute approximate surface area is 168 Å². The fourth-order valence-corrected chi connectivity index (χ4v) is 4.77. The van der Waals surface area contributed by atoms with Crippen molar-refractivity contribution in [2.75, 3.05) is 13.7 Å². The summed E-state index contributed by atoms with van der Waals surface area (Å²) in [5, 5.41) is 1.42. The lowest BCUT2D eigenvalue weighted by atomic mass is 10.1. The molecule has 3 aromatic rings. The summed E-state index contributed by atoms with van der Waals surface area (Å²) in [4.78, 5) is 3.30. The lowest BCUT2D eigenvalue weighted by Crippen LogP contribution is -2.26. The van der Waals surface area contributed by atoms with Gasteiger partial charge in [-0.3, -0.25) is 0 Å². The molecule has 5 nitrogen and oxygen atoms in total. The minimum atomic E-state index is -3.80. The number of H-pyrrole nitrogens is 1. The van der Waals surface area contributed by atoms with Gasteiger partial charge in [-0.15, -0.1) is 0 Å². The van der Waals surface area contributed by atoms with E-state index in [-0.39, 0.29) is 27.2 Å². The van der Waals surface area contributed by atoms with Crippen molar-refractivity contribution in [2.24, 2.45) is 0 Å². The van der Waals surface area contributed by atoms with Crippen LogP contribution in [0.25, 0.3) is 10.9 Å². The topological polar surface area (TPSA) is 71.2 Å². The van der Waals surface area contributed by atoms with E-state index in [1.165, 1.54) is 19.2 Å². The highest BCUT2D eigenvalue weighted by molar-refractivity contribution is 7.89. The van der Waals surface area contributed by atoms with Crippen LogP contribution < -0.4 is 9.46 Å². The Morgan fingerprint density at radius 1 is 1.15 bits per heavy atom. The van der Waals surface area contributed by atoms with Gasteiger partial charge < -0.3 is 9.72 Å². The van der Waals surface area contributed by atoms with E-state index in [9.17, 15) is 8.42 Å². The summed E-state index contributed by atoms with van der Waals surface area (Å²) >= 11 is 12.0. The summed E-state index contributed by atoms with van der Waals surface area (Å²) in [7, 11) is -2.44. The number of nitrogens with one attached hydrogen (secondary N) is 2. The van der Waals surface area contributed by atoms with Crippen molar-refractivity contribution in [2.45, 2.75) is 25.2 Å². The number of halogens is 2. The van der Waals surface area contributed by atoms with Crippen molar-refractivity contribution in [3.05, 3.63) is 57.2 Å². The van der Waals surface area contributed by atoms with Crippen LogP contribution in [0.5, 0.6) is 5.75 Å². The van der Waals surface area contributed by atoms with E-state index in [1.54, 1.807) is 0 Å². The van der Waals surface area contributed by atoms with E-state index in [1.807, 2.05) is 26.0 Å². The molecule has 0 aliphatic carbocycles. The van der Waals surface area contributed by atoms with Gasteiger partial charge in [0.05, 0.1) is 12.1 Å². The molecule has 27 heavy (non-hydrogen) atoms. The highest BCUT2D eigenvalue weighted by Gasteiger charge is 2.23. The Morgan fingerprint density at radius 3 is 2.59 bits per heavy atom. The molecule has 0 amide bonds. The van der Waals surface area contributed by atoms with Crippen LogP contribution in [0.15, 0.2) is 35.2 Å². The number of benzene rings is 2. The third kappa shape index (κ3) is 3.94. The molecule has 144 valence electrons. The number of ether oxygens (including phenoxy) is 1. The molecule has 0 bridgehead atoms. The number of aryl methyl sites for hydroxylation is 2. The monoisotopic (exact) mass is 426 g/mol. The normalized spacial score (nSPS) is 11.9. The van der Waals surface area contributed by atoms with E-state index < -0.39 is 10.0 Å². The maximum absolute atomic E-state index is 12.7. The van der Waals surface area contributed by atoms with Crippen molar-refractivity contribution in [3.8, 4) is 5.75 Å². The quantitative estimate of drug-likeness (QED) is 0.603. The van der Waals surface area contributed by atoms with Crippen molar-refractivity contribution in [1.29, 1.82) is 0 Å². The molecule has 0 aliphatic rings. The first-order chi connectivity index (χ1) is 12.7. The molecule has 2 aromatic carbocycles. The van der Waals surface area contributed by atoms with Crippen molar-refractivity contribution >= 4 is 44.1 Å². The van der Waals surface area contributed by atoms with Gasteiger partial charge in [-0.2, -0.15) is 0 Å². The SMILES string of the molecule is COc1c(S(=O)(=O)NCCc2c(C)[nH]c3ccc(C)cc23)ccc(Cl)c1Cl. The number of aromatic amines is 1. The molecular formula is C19H20Cl2N2O3S. The van der Waals surface area contributed by atoms with E-state index in [4.69, 9.17) is 27.9 Å². The molecular weight excluding hydrogens is 407 g/mol. The average molecular weight is 427 g/mol. The molecule has 0 spiro atoms. The van der Waals surface area contributed by atoms with Gasteiger partial charge in [0.2, 0.25) is 10.0 Å². The lowest BCUT2D eigenvalue weighted by molar-refractivity contribution is 0.402. The Hall–Kier alpha value is -1.73. The van der Waals surface area contributed by atoms with Gasteiger partial charge in [-0.05, 0) is 50.1 Å². The van der Waals surface area contributed by atoms with Gasteiger partial charge in [0.25, 0.3) is 0 Å². The summed E-state index contributed by atoms with van der Waals surface area (Å²) in [6.45, 7) is 4.26. The average Bonchev–Trinajstić information content (AvgIpc) is 2.92. The molecule has 1 aromatic heterocycles. The summed E-state index contributed by atoms with van der Waals surface area (Å²) in [5.74, 6) is 0.0376. The highest BCUT2D eigenvalue weighted by Crippen LogP contribution is 2.37. The van der Waals surface area contributed by atoms with Crippen LogP contribution in [-0.4, -0.2) is 27.1 Å². The number of methoxy groups -OCH3 is 1. The van der Waals surface area contributed by atoms with Crippen LogP contribution in [0.1, 0.15) is 16.8 Å². The van der Waals surface area contributed by atoms with Gasteiger partial charge in [0.1, 0.15) is 9.92 Å². The zero-order valence-corrected chi connectivity index (χ0v) is 17.5. The number of sulfonamides is 1. The number of aromatic nitrogens is 1. The molecule has 3 rings (SSSR count). The zero-order valence-electron chi connectivity index (χ0n) is 15.2. The Bertz CT molecular complexity index is 1110. The minimum absolute atomic E-state index is 0.0362. The fraction of sp³-hybridized carbons (Fsp3) is 0.263. The summed E-state index contributed by atoms with van der Waals surface area (Å²) in [6.07, 6.45) is 0.554. The van der Waals surface area contributed by atoms with Gasteiger partial charge in [0, 0.05) is 23.1 Å². The van der Waals surface area contributed by atoms with Crippen LogP contribution in [0.2, 0.25) is 10.0 Å². The van der Waals surface area contributed by atoms with Crippen molar-refractivity contribution < 1.29 is 13.2 Å². The van der Waals surface area contributed by atoms with Crippen LogP contribution in [0.4, 0.5) is 0 Å². The first-order valence-corrected chi connectivity index (χ1v) is 10.6. The van der Waals surface area contributed by atoms with Crippen molar-refractivity contribution in [1.82, 2.24) is 9.71 Å². The second-order valence-corrected chi connectivity index (χ2v) is 8.84. The molecule has 0 saturated heterocycles. The van der Waals surface area contributed by atoms with Gasteiger partial charge in [-0.25, -0.2) is 13.1 Å². The summed E-state index contributed by atoms with van der Waals surface area (Å²) < 4.78 is 33.2. The standard InChI is InChI=1S/C19H20Cl2N2O3S/c1-11-4-6-16-14(10-11)13(12(2)23-16)8-9-22-27(24,25)17-7-5-15(20)18(21)19(17)26-3/h4-7,10,22-23H,8-9H2,1-3H3. The first kappa shape index (κ1) is 20.0. The first-order valence-electron chi connectivity index (χ1n) is 8.34. The van der Waals surface area contributed by atoms with E-state index in [0.29, 0.717) is 6.42 Å². The third-order valence-corrected chi connectivity index (χ3v) is 6.72. The Balaban J connectivity index is 1.83. The number of hydrogen-bond donors (Lipinski definition) is 2. The number of rotatable bonds is 6. The Morgan fingerprint density at radius 2 is 1.89 bits per heavy atom. The van der Waals surface area contributed by atoms with Crippen molar-refractivity contribution in [3.63, 3.8) is 0 Å². The molecule has 0 radical (unpaired) electrons. The van der Waals surface area contributed by atoms with Gasteiger partial charge >= 0.3 is 0 Å². The molecule has 2 N–H and O–H groups in total. The fourth-order valence-electron chi connectivity index (χ4n) is 3.12. The lowest BCUT2D eigenvalue weighted by Gasteiger charge is -2.13. The molecule has 8 heteroatoms. The van der Waals surface area contributed by atoms with Gasteiger partial charge in [0.15, 0.2) is 5.75 Å². The smallest absolute Gasteiger partial charge is 0.244 e. The van der Waals surface area contributed by atoms with E-state index >= 15 is 0 Å². The number of hydrogen-bond acceptors (Lipinski definition) is 3. The second kappa shape index (κ2) is 7.72. The van der Waals surface area contributed by atoms with Crippen LogP contribution >= 0.6 is 23.2 Å². The highest BCUT2D eigenvalue weighted by atomic mass is 35.5. The largest absolute Gasteiger partial charge is 0.494 e. The maximum Gasteiger partial charge on any atom is 0.244 e. The molecule has 0 atom stereocenters. The minimum Gasteiger partial charge on any atom is -0.494 e. The number of fused-ring (bicyclic) bond motifs is 1. The Kier molecular flexibility index (Phi) is 5.72.